The smallest absolute Gasteiger partial charge is 0.241 e. The third-order valence-corrected chi connectivity index (χ3v) is 5.24. The van der Waals surface area contributed by atoms with Gasteiger partial charge in [0.1, 0.15) is 11.9 Å². The number of nitrogens with zero attached hydrogens (tertiary/aromatic N) is 2. The molecule has 6 heteroatoms. The molecular weight excluding hydrogens is 357 g/mol. The summed E-state index contributed by atoms with van der Waals surface area (Å²) >= 11 is 0. The van der Waals surface area contributed by atoms with Crippen molar-refractivity contribution >= 4 is 11.8 Å². The molecule has 1 heterocycles. The summed E-state index contributed by atoms with van der Waals surface area (Å²) in [5.41, 5.74) is 1.34. The Morgan fingerprint density at radius 3 is 2.54 bits per heavy atom. The van der Waals surface area contributed by atoms with Gasteiger partial charge in [0.25, 0.3) is 0 Å². The Morgan fingerprint density at radius 2 is 1.86 bits per heavy atom. The van der Waals surface area contributed by atoms with Crippen molar-refractivity contribution < 1.29 is 14.0 Å². The monoisotopic (exact) mass is 383 g/mol. The molecule has 0 radical (unpaired) electrons. The number of halogens is 1. The summed E-state index contributed by atoms with van der Waals surface area (Å²) in [6, 6.07) is 14.8. The summed E-state index contributed by atoms with van der Waals surface area (Å²) in [4.78, 5) is 29.3. The molecule has 0 unspecified atom stereocenters. The Bertz CT molecular complexity index is 828. The molecule has 0 bridgehead atoms. The van der Waals surface area contributed by atoms with Crippen molar-refractivity contribution in [2.45, 2.75) is 31.5 Å². The van der Waals surface area contributed by atoms with Crippen LogP contribution in [-0.4, -0.2) is 48.3 Å². The molecule has 0 saturated carbocycles. The zero-order valence-corrected chi connectivity index (χ0v) is 16.3. The average molecular weight is 383 g/mol. The fourth-order valence-corrected chi connectivity index (χ4v) is 3.86. The second kappa shape index (κ2) is 8.97. The van der Waals surface area contributed by atoms with Gasteiger partial charge in [0, 0.05) is 32.7 Å². The highest BCUT2D eigenvalue weighted by molar-refractivity contribution is 5.86. The van der Waals surface area contributed by atoms with Crippen LogP contribution in [0.2, 0.25) is 0 Å². The first kappa shape index (κ1) is 20.0. The summed E-state index contributed by atoms with van der Waals surface area (Å²) in [6.45, 7) is 1.07. The van der Waals surface area contributed by atoms with Crippen LogP contribution in [-0.2, 0) is 16.1 Å². The van der Waals surface area contributed by atoms with Crippen LogP contribution in [0.25, 0.3) is 0 Å². The molecule has 0 aliphatic carbocycles. The summed E-state index contributed by atoms with van der Waals surface area (Å²) in [5.74, 6) is -0.797. The lowest BCUT2D eigenvalue weighted by molar-refractivity contribution is -0.138. The molecule has 2 atom stereocenters. The van der Waals surface area contributed by atoms with Crippen LogP contribution in [0.15, 0.2) is 54.6 Å². The van der Waals surface area contributed by atoms with E-state index in [-0.39, 0.29) is 11.8 Å². The van der Waals surface area contributed by atoms with Gasteiger partial charge in [-0.3, -0.25) is 14.5 Å². The van der Waals surface area contributed by atoms with Gasteiger partial charge in [0.2, 0.25) is 11.8 Å². The van der Waals surface area contributed by atoms with Gasteiger partial charge in [-0.1, -0.05) is 48.5 Å². The maximum Gasteiger partial charge on any atom is 0.241 e. The summed E-state index contributed by atoms with van der Waals surface area (Å²) in [7, 11) is 3.30. The number of hydrogen-bond donors (Lipinski definition) is 1. The van der Waals surface area contributed by atoms with E-state index in [0.717, 1.165) is 12.0 Å². The summed E-state index contributed by atoms with van der Waals surface area (Å²) in [5, 5.41) is 2.62. The van der Waals surface area contributed by atoms with Crippen molar-refractivity contribution in [2.24, 2.45) is 0 Å². The molecule has 2 aromatic carbocycles. The molecule has 148 valence electrons. The van der Waals surface area contributed by atoms with E-state index in [2.05, 4.69) is 5.32 Å². The van der Waals surface area contributed by atoms with E-state index < -0.39 is 17.9 Å². The van der Waals surface area contributed by atoms with Crippen molar-refractivity contribution in [3.8, 4) is 0 Å². The molecule has 2 aromatic rings. The Kier molecular flexibility index (Phi) is 6.41. The highest BCUT2D eigenvalue weighted by Gasteiger charge is 2.41. The zero-order valence-electron chi connectivity index (χ0n) is 16.3. The fraction of sp³-hybridized carbons (Fsp3) is 0.364. The molecular formula is C22H26FN3O2. The average Bonchev–Trinajstić information content (AvgIpc) is 3.18. The lowest BCUT2D eigenvalue weighted by Crippen LogP contribution is -2.48. The first-order valence-electron chi connectivity index (χ1n) is 9.53. The van der Waals surface area contributed by atoms with Crippen molar-refractivity contribution in [2.75, 3.05) is 20.6 Å². The van der Waals surface area contributed by atoms with Gasteiger partial charge in [-0.2, -0.15) is 0 Å². The van der Waals surface area contributed by atoms with Crippen LogP contribution in [0.1, 0.15) is 30.0 Å². The summed E-state index contributed by atoms with van der Waals surface area (Å²) < 4.78 is 14.5. The number of likely N-dealkylation sites (N-methyl/N-ethyl adjacent to an activating group) is 2. The molecule has 0 aromatic heterocycles. The Morgan fingerprint density at radius 1 is 1.18 bits per heavy atom. The minimum absolute atomic E-state index is 0.0494. The molecule has 5 nitrogen and oxygen atoms in total. The van der Waals surface area contributed by atoms with Gasteiger partial charge in [0.05, 0.1) is 6.04 Å². The van der Waals surface area contributed by atoms with E-state index in [9.17, 15) is 14.0 Å². The van der Waals surface area contributed by atoms with Gasteiger partial charge < -0.3 is 10.2 Å². The molecule has 2 amide bonds. The van der Waals surface area contributed by atoms with Crippen LogP contribution in [0, 0.1) is 5.82 Å². The summed E-state index contributed by atoms with van der Waals surface area (Å²) in [6.07, 6.45) is 1.44. The Balaban J connectivity index is 1.84. The number of benzene rings is 2. The quantitative estimate of drug-likeness (QED) is 0.835. The molecule has 0 spiro atoms. The van der Waals surface area contributed by atoms with Crippen molar-refractivity contribution in [1.82, 2.24) is 15.1 Å². The number of likely N-dealkylation sites (tertiary alicyclic amines) is 1. The molecule has 28 heavy (non-hydrogen) atoms. The lowest BCUT2D eigenvalue weighted by Gasteiger charge is -2.33. The van der Waals surface area contributed by atoms with E-state index in [1.807, 2.05) is 35.2 Å². The molecule has 1 N–H and O–H groups in total. The maximum absolute atomic E-state index is 14.5. The third kappa shape index (κ3) is 4.22. The molecule has 1 aliphatic heterocycles. The first-order valence-corrected chi connectivity index (χ1v) is 9.53. The van der Waals surface area contributed by atoms with Crippen LogP contribution < -0.4 is 5.32 Å². The molecule has 1 saturated heterocycles. The standard InChI is InChI=1S/C22H26FN3O2/c1-24-21(27)20(17-11-6-7-12-18(17)23)26-14-8-13-19(26)22(28)25(2)15-16-9-4-3-5-10-16/h3-7,9-12,19-20H,8,13-15H2,1-2H3,(H,24,27)/t19-,20+/m0/s1. The minimum atomic E-state index is -0.826. The van der Waals surface area contributed by atoms with Gasteiger partial charge in [0.15, 0.2) is 0 Å². The van der Waals surface area contributed by atoms with E-state index in [1.54, 1.807) is 30.1 Å². The van der Waals surface area contributed by atoms with Crippen molar-refractivity contribution in [3.63, 3.8) is 0 Å². The Hall–Kier alpha value is -2.73. The first-order chi connectivity index (χ1) is 13.5. The van der Waals surface area contributed by atoms with E-state index in [0.29, 0.717) is 25.1 Å². The van der Waals surface area contributed by atoms with Gasteiger partial charge in [-0.05, 0) is 24.5 Å². The number of amides is 2. The van der Waals surface area contributed by atoms with Gasteiger partial charge >= 0.3 is 0 Å². The van der Waals surface area contributed by atoms with Gasteiger partial charge in [-0.15, -0.1) is 0 Å². The fourth-order valence-electron chi connectivity index (χ4n) is 3.86. The Labute approximate surface area is 165 Å². The maximum atomic E-state index is 14.5. The predicted octanol–water partition coefficient (Wildman–Crippen LogP) is 2.74. The van der Waals surface area contributed by atoms with Crippen LogP contribution >= 0.6 is 0 Å². The highest BCUT2D eigenvalue weighted by atomic mass is 19.1. The lowest BCUT2D eigenvalue weighted by atomic mass is 10.0. The van der Waals surface area contributed by atoms with Crippen LogP contribution in [0.5, 0.6) is 0 Å². The number of carbonyl (C=O) groups excluding carboxylic acids is 2. The SMILES string of the molecule is CNC(=O)[C@@H](c1ccccc1F)N1CCC[C@H]1C(=O)N(C)Cc1ccccc1. The van der Waals surface area contributed by atoms with Gasteiger partial charge in [-0.25, -0.2) is 4.39 Å². The van der Waals surface area contributed by atoms with Crippen molar-refractivity contribution in [3.05, 3.63) is 71.5 Å². The number of hydrogen-bond acceptors (Lipinski definition) is 3. The molecule has 1 fully saturated rings. The molecule has 1 aliphatic rings. The number of nitrogens with one attached hydrogen (secondary N) is 1. The van der Waals surface area contributed by atoms with Crippen LogP contribution in [0.3, 0.4) is 0 Å². The van der Waals surface area contributed by atoms with Crippen molar-refractivity contribution in [1.29, 1.82) is 0 Å². The topological polar surface area (TPSA) is 52.7 Å². The number of carbonyl (C=O) groups is 2. The second-order valence-electron chi connectivity index (χ2n) is 7.11. The zero-order chi connectivity index (χ0) is 20.1. The molecule has 3 rings (SSSR count). The number of rotatable bonds is 6. The van der Waals surface area contributed by atoms with Crippen LogP contribution in [0.4, 0.5) is 4.39 Å². The van der Waals surface area contributed by atoms with E-state index in [4.69, 9.17) is 0 Å². The normalized spacial score (nSPS) is 17.9. The predicted molar refractivity (Wildman–Crippen MR) is 106 cm³/mol. The third-order valence-electron chi connectivity index (χ3n) is 5.24. The largest absolute Gasteiger partial charge is 0.358 e. The van der Waals surface area contributed by atoms with E-state index >= 15 is 0 Å². The van der Waals surface area contributed by atoms with E-state index in [1.165, 1.54) is 13.1 Å². The highest BCUT2D eigenvalue weighted by Crippen LogP contribution is 2.32. The minimum Gasteiger partial charge on any atom is -0.358 e. The second-order valence-corrected chi connectivity index (χ2v) is 7.11.